The maximum atomic E-state index is 15.2. The molecule has 3 aromatic rings. The zero-order valence-electron chi connectivity index (χ0n) is 23.3. The monoisotopic (exact) mass is 584 g/mol. The molecule has 5 rings (SSSR count). The maximum absolute atomic E-state index is 15.2. The van der Waals surface area contributed by atoms with E-state index in [1.165, 1.54) is 17.5 Å². The van der Waals surface area contributed by atoms with E-state index in [0.29, 0.717) is 69.4 Å². The molecule has 0 spiro atoms. The van der Waals surface area contributed by atoms with E-state index in [2.05, 4.69) is 14.9 Å². The van der Waals surface area contributed by atoms with Crippen LogP contribution in [0.4, 0.5) is 15.8 Å². The molecule has 0 bridgehead atoms. The zero-order valence-corrected chi connectivity index (χ0v) is 24.0. The van der Waals surface area contributed by atoms with E-state index in [1.54, 1.807) is 44.5 Å². The van der Waals surface area contributed by atoms with Gasteiger partial charge in [0.15, 0.2) is 5.82 Å². The third-order valence-electron chi connectivity index (χ3n) is 7.74. The smallest absolute Gasteiger partial charge is 0.236 e. The van der Waals surface area contributed by atoms with E-state index in [1.807, 2.05) is 9.80 Å². The number of anilines is 2. The highest BCUT2D eigenvalue weighted by Crippen LogP contribution is 2.39. The number of benzene rings is 2. The van der Waals surface area contributed by atoms with Crippen LogP contribution >= 0.6 is 11.6 Å². The minimum Gasteiger partial charge on any atom is -0.494 e. The Labute approximate surface area is 243 Å². The molecule has 2 amide bonds. The van der Waals surface area contributed by atoms with E-state index in [-0.39, 0.29) is 28.4 Å². The Bertz CT molecular complexity index is 1390. The Kier molecular flexibility index (Phi) is 9.16. The molecule has 2 aliphatic rings. The van der Waals surface area contributed by atoms with Crippen LogP contribution in [0.2, 0.25) is 5.02 Å². The Morgan fingerprint density at radius 1 is 1.05 bits per heavy atom. The number of carbonyl (C=O) groups is 2. The zero-order chi connectivity index (χ0) is 28.9. The number of rotatable bonds is 8. The number of ether oxygens (including phenoxy) is 1. The fourth-order valence-corrected chi connectivity index (χ4v) is 5.43. The van der Waals surface area contributed by atoms with Gasteiger partial charge in [-0.2, -0.15) is 0 Å². The molecule has 0 aliphatic carbocycles. The van der Waals surface area contributed by atoms with Crippen LogP contribution in [0.1, 0.15) is 19.8 Å². The summed E-state index contributed by atoms with van der Waals surface area (Å²) in [6.07, 6.45) is 4.67. The molecule has 10 nitrogen and oxygen atoms in total. The number of aromatic nitrogens is 2. The predicted octanol–water partition coefficient (Wildman–Crippen LogP) is 3.90. The van der Waals surface area contributed by atoms with Crippen molar-refractivity contribution in [3.63, 3.8) is 0 Å². The topological polar surface area (TPSA) is 91.3 Å². The van der Waals surface area contributed by atoms with Crippen molar-refractivity contribution in [2.24, 2.45) is 5.92 Å². The van der Waals surface area contributed by atoms with Crippen molar-refractivity contribution < 1.29 is 23.6 Å². The van der Waals surface area contributed by atoms with E-state index in [0.717, 1.165) is 18.2 Å². The number of carbonyl (C=O) groups excluding carboxylic acids is 2. The van der Waals surface area contributed by atoms with Crippen molar-refractivity contribution in [2.45, 2.75) is 19.8 Å². The van der Waals surface area contributed by atoms with Gasteiger partial charge in [0.1, 0.15) is 23.5 Å². The number of methoxy groups -OCH3 is 1. The molecular weight excluding hydrogens is 551 g/mol. The van der Waals surface area contributed by atoms with Gasteiger partial charge in [0.05, 0.1) is 25.8 Å². The van der Waals surface area contributed by atoms with Crippen molar-refractivity contribution in [3.8, 4) is 5.75 Å². The van der Waals surface area contributed by atoms with Crippen molar-refractivity contribution in [1.82, 2.24) is 24.7 Å². The van der Waals surface area contributed by atoms with E-state index in [4.69, 9.17) is 21.2 Å². The number of piperidine rings is 1. The second kappa shape index (κ2) is 13.0. The van der Waals surface area contributed by atoms with Crippen LogP contribution in [-0.4, -0.2) is 96.0 Å². The average Bonchev–Trinajstić information content (AvgIpc) is 2.98. The average molecular weight is 585 g/mol. The van der Waals surface area contributed by atoms with Crippen molar-refractivity contribution in [1.29, 1.82) is 0 Å². The Balaban J connectivity index is 1.24. The van der Waals surface area contributed by atoms with Crippen LogP contribution in [0.15, 0.2) is 42.9 Å². The molecule has 0 saturated carbocycles. The summed E-state index contributed by atoms with van der Waals surface area (Å²) in [6.45, 7) is 6.24. The fourth-order valence-electron chi connectivity index (χ4n) is 5.28. The number of halogens is 2. The maximum Gasteiger partial charge on any atom is 0.236 e. The molecule has 218 valence electrons. The van der Waals surface area contributed by atoms with Gasteiger partial charge in [-0.25, -0.2) is 19.4 Å². The van der Waals surface area contributed by atoms with Gasteiger partial charge in [0.2, 0.25) is 11.8 Å². The van der Waals surface area contributed by atoms with Crippen LogP contribution in [0.25, 0.3) is 10.9 Å². The molecule has 12 heteroatoms. The molecule has 2 saturated heterocycles. The Morgan fingerprint density at radius 3 is 2.49 bits per heavy atom. The highest BCUT2D eigenvalue weighted by atomic mass is 35.5. The highest BCUT2D eigenvalue weighted by molar-refractivity contribution is 6.30. The lowest BCUT2D eigenvalue weighted by atomic mass is 9.98. The number of hydrogen-bond acceptors (Lipinski definition) is 8. The van der Waals surface area contributed by atoms with Gasteiger partial charge in [-0.05, 0) is 49.1 Å². The Morgan fingerprint density at radius 2 is 1.80 bits per heavy atom. The third kappa shape index (κ3) is 6.86. The summed E-state index contributed by atoms with van der Waals surface area (Å²) in [6, 6.07) is 7.99. The number of nitrogens with zero attached hydrogens (tertiary/aromatic N) is 6. The van der Waals surface area contributed by atoms with Gasteiger partial charge in [0, 0.05) is 62.8 Å². The molecule has 0 radical (unpaired) electrons. The first kappa shape index (κ1) is 29.0. The summed E-state index contributed by atoms with van der Waals surface area (Å²) >= 11 is 6.03. The first-order chi connectivity index (χ1) is 19.8. The lowest BCUT2D eigenvalue weighted by Crippen LogP contribution is -2.52. The minimum absolute atomic E-state index is 0.0747. The van der Waals surface area contributed by atoms with Crippen molar-refractivity contribution in [3.05, 3.63) is 53.7 Å². The first-order valence-electron chi connectivity index (χ1n) is 13.7. The highest BCUT2D eigenvalue weighted by Gasteiger charge is 2.28. The molecule has 2 aliphatic heterocycles. The largest absolute Gasteiger partial charge is 0.494 e. The molecule has 41 heavy (non-hydrogen) atoms. The van der Waals surface area contributed by atoms with Crippen LogP contribution in [0.3, 0.4) is 0 Å². The van der Waals surface area contributed by atoms with Gasteiger partial charge in [-0.15, -0.1) is 0 Å². The number of hydrogen-bond donors (Lipinski definition) is 0. The lowest BCUT2D eigenvalue weighted by molar-refractivity contribution is -0.135. The number of piperazine rings is 1. The van der Waals surface area contributed by atoms with Gasteiger partial charge in [-0.3, -0.25) is 19.3 Å². The quantitative estimate of drug-likeness (QED) is 0.368. The normalized spacial score (nSPS) is 16.7. The predicted molar refractivity (Wildman–Crippen MR) is 154 cm³/mol. The molecule has 2 fully saturated rings. The molecule has 0 atom stereocenters. The second-order valence-corrected chi connectivity index (χ2v) is 10.8. The summed E-state index contributed by atoms with van der Waals surface area (Å²) in [4.78, 5) is 45.0. The van der Waals surface area contributed by atoms with Gasteiger partial charge in [-0.1, -0.05) is 11.6 Å². The third-order valence-corrected chi connectivity index (χ3v) is 7.97. The van der Waals surface area contributed by atoms with Crippen LogP contribution in [-0.2, 0) is 14.4 Å². The van der Waals surface area contributed by atoms with Crippen molar-refractivity contribution in [2.75, 3.05) is 64.6 Å². The van der Waals surface area contributed by atoms with Crippen LogP contribution in [0, 0.1) is 11.7 Å². The SMILES string of the molecule is COc1cc2cncnc2cc1N(OCC1CCN(C(=O)CN2CCN(C(C)=O)CC2)CC1)c1ccc(Cl)cc1F. The number of amides is 2. The minimum atomic E-state index is -0.535. The summed E-state index contributed by atoms with van der Waals surface area (Å²) in [7, 11) is 1.54. The molecule has 0 unspecified atom stereocenters. The van der Waals surface area contributed by atoms with E-state index in [9.17, 15) is 9.59 Å². The van der Waals surface area contributed by atoms with Crippen LogP contribution < -0.4 is 9.80 Å². The van der Waals surface area contributed by atoms with Crippen molar-refractivity contribution >= 4 is 45.7 Å². The fraction of sp³-hybridized carbons (Fsp3) is 0.448. The molecule has 1 aromatic heterocycles. The summed E-state index contributed by atoms with van der Waals surface area (Å²) in [5.41, 5.74) is 1.35. The molecule has 0 N–H and O–H groups in total. The molecular formula is C29H34ClFN6O4. The van der Waals surface area contributed by atoms with Gasteiger partial charge in [0.25, 0.3) is 0 Å². The number of fused-ring (bicyclic) bond motifs is 1. The first-order valence-corrected chi connectivity index (χ1v) is 14.1. The van der Waals surface area contributed by atoms with E-state index < -0.39 is 5.82 Å². The second-order valence-electron chi connectivity index (χ2n) is 10.4. The van der Waals surface area contributed by atoms with Gasteiger partial charge >= 0.3 is 0 Å². The summed E-state index contributed by atoms with van der Waals surface area (Å²) in [5, 5.41) is 2.49. The van der Waals surface area contributed by atoms with Crippen LogP contribution in [0.5, 0.6) is 5.75 Å². The lowest BCUT2D eigenvalue weighted by Gasteiger charge is -2.37. The molecule has 2 aromatic carbocycles. The number of likely N-dealkylation sites (tertiary alicyclic amines) is 1. The summed E-state index contributed by atoms with van der Waals surface area (Å²) < 4.78 is 20.8. The van der Waals surface area contributed by atoms with Gasteiger partial charge < -0.3 is 14.5 Å². The summed E-state index contributed by atoms with van der Waals surface area (Å²) in [5.74, 6) is 0.293. The Hall–Kier alpha value is -3.54. The molecule has 3 heterocycles. The standard InChI is InChI=1S/C29H34ClFN6O4/c1-20(38)35-11-9-34(10-12-35)17-29(39)36-7-5-21(6-8-36)18-41-37(26-4-3-23(30)14-24(26)31)27-15-25-22(13-28(27)40-2)16-32-19-33-25/h3-4,13-16,19,21H,5-12,17-18H2,1-2H3. The van der Waals surface area contributed by atoms with E-state index >= 15 is 4.39 Å².